The molecule has 0 atom stereocenters. The van der Waals surface area contributed by atoms with Crippen molar-refractivity contribution in [3.05, 3.63) is 0 Å². The Morgan fingerprint density at radius 3 is 2.10 bits per heavy atom. The summed E-state index contributed by atoms with van der Waals surface area (Å²) in [4.78, 5) is 8.49. The predicted octanol–water partition coefficient (Wildman–Crippen LogP) is -3.50. The van der Waals surface area contributed by atoms with E-state index in [-0.39, 0.29) is 42.8 Å². The van der Waals surface area contributed by atoms with Gasteiger partial charge < -0.3 is 10.00 Å². The Kier molecular flexibility index (Phi) is 4.63. The molecule has 1 heterocycles. The number of hydrogen-bond donors (Lipinski definition) is 2. The molecule has 5 nitrogen and oxygen atoms in total. The van der Waals surface area contributed by atoms with Crippen LogP contribution in [0.5, 0.6) is 0 Å². The van der Waals surface area contributed by atoms with Crippen LogP contribution in [0.4, 0.5) is 0 Å². The minimum Gasteiger partial charge on any atom is -0.388 e. The summed E-state index contributed by atoms with van der Waals surface area (Å²) in [5, 5.41) is 8.66. The molecule has 1 rings (SSSR count). The molecule has 0 aromatic heterocycles. The molecule has 0 aromatic carbocycles. The average Bonchev–Trinajstić information content (AvgIpc) is 1.78. The van der Waals surface area contributed by atoms with Gasteiger partial charge in [-0.2, -0.15) is 0 Å². The second-order valence-electron chi connectivity index (χ2n) is 1.71. The van der Waals surface area contributed by atoms with E-state index in [1.807, 2.05) is 0 Å². The van der Waals surface area contributed by atoms with Gasteiger partial charge in [-0.25, -0.2) is 4.57 Å². The van der Waals surface area contributed by atoms with E-state index in [1.165, 1.54) is 0 Å². The summed E-state index contributed by atoms with van der Waals surface area (Å²) in [7, 11) is -3.78. The molecule has 10 heavy (non-hydrogen) atoms. The molecule has 2 N–H and O–H groups in total. The summed E-state index contributed by atoms with van der Waals surface area (Å²) >= 11 is 0. The van der Waals surface area contributed by atoms with Crippen molar-refractivity contribution < 1.29 is 53.2 Å². The van der Waals surface area contributed by atoms with Crippen molar-refractivity contribution in [2.75, 3.05) is 13.2 Å². The molecule has 0 radical (unpaired) electrons. The Hall–Kier alpha value is 1.07. The van der Waals surface area contributed by atoms with E-state index in [4.69, 9.17) is 10.00 Å². The van der Waals surface area contributed by atoms with E-state index in [9.17, 15) is 4.57 Å². The molecule has 1 saturated heterocycles. The van der Waals surface area contributed by atoms with Gasteiger partial charge in [0.2, 0.25) is 0 Å². The van der Waals surface area contributed by atoms with Gasteiger partial charge in [-0.05, 0) is 0 Å². The first-order chi connectivity index (χ1) is 4.10. The van der Waals surface area contributed by atoms with Crippen LogP contribution >= 0.6 is 7.82 Å². The number of aliphatic hydroxyl groups excluding tert-OH is 1. The van der Waals surface area contributed by atoms with E-state index in [1.54, 1.807) is 0 Å². The third-order valence-corrected chi connectivity index (χ3v) is 1.81. The molecule has 0 bridgehead atoms. The molecule has 0 amide bonds. The fourth-order valence-electron chi connectivity index (χ4n) is 0.446. The van der Waals surface area contributed by atoms with Crippen LogP contribution in [0.2, 0.25) is 0 Å². The first-order valence-corrected chi connectivity index (χ1v) is 3.90. The summed E-state index contributed by atoms with van der Waals surface area (Å²) in [5.74, 6) is 0. The van der Waals surface area contributed by atoms with E-state index >= 15 is 0 Å². The maximum atomic E-state index is 10.4. The molecule has 1 aliphatic rings. The zero-order valence-corrected chi connectivity index (χ0v) is 8.45. The smallest absolute Gasteiger partial charge is 0.388 e. The van der Waals surface area contributed by atoms with Gasteiger partial charge in [0.25, 0.3) is 0 Å². The molecule has 0 aromatic rings. The molecule has 1 aliphatic heterocycles. The zero-order chi connectivity index (χ0) is 6.91. The molecule has 0 aliphatic carbocycles. The summed E-state index contributed by atoms with van der Waals surface area (Å²) in [6.07, 6.45) is -0.778. The minimum atomic E-state index is -3.78. The van der Waals surface area contributed by atoms with Crippen molar-refractivity contribution in [2.45, 2.75) is 6.10 Å². The summed E-state index contributed by atoms with van der Waals surface area (Å²) in [5.41, 5.74) is 0. The maximum Gasteiger partial charge on any atom is 1.00 e. The predicted molar refractivity (Wildman–Crippen MR) is 27.7 cm³/mol. The summed E-state index contributed by atoms with van der Waals surface area (Å²) in [6, 6.07) is 0. The van der Waals surface area contributed by atoms with Gasteiger partial charge in [-0.15, -0.1) is 0 Å². The first-order valence-electron chi connectivity index (χ1n) is 2.40. The van der Waals surface area contributed by atoms with Crippen LogP contribution in [0.3, 0.4) is 0 Å². The maximum absolute atomic E-state index is 10.4. The number of rotatable bonds is 0. The van der Waals surface area contributed by atoms with Gasteiger partial charge in [0.05, 0.1) is 13.2 Å². The molecule has 7 heteroatoms. The number of hydrogen-bond acceptors (Lipinski definition) is 4. The fourth-order valence-corrected chi connectivity index (χ4v) is 1.24. The zero-order valence-electron chi connectivity index (χ0n) is 5.56. The Morgan fingerprint density at radius 1 is 1.40 bits per heavy atom. The average molecular weight is 177 g/mol. The quantitative estimate of drug-likeness (QED) is 0.296. The van der Waals surface area contributed by atoms with E-state index in [0.29, 0.717) is 0 Å². The standard InChI is InChI=1S/C3H7O5P.Na/c4-3-1-7-9(5,6)8-2-3;/h3-4H,1-2H2,(H,5,6);/q;+1. The van der Waals surface area contributed by atoms with Crippen LogP contribution in [0.1, 0.15) is 0 Å². The van der Waals surface area contributed by atoms with Crippen molar-refractivity contribution in [1.29, 1.82) is 0 Å². The van der Waals surface area contributed by atoms with Crippen molar-refractivity contribution in [3.8, 4) is 0 Å². The molecule has 54 valence electrons. The SMILES string of the molecule is O=P1(O)OCC(O)CO1.[Na+]. The second-order valence-corrected chi connectivity index (χ2v) is 3.17. The van der Waals surface area contributed by atoms with Gasteiger partial charge in [0.15, 0.2) is 0 Å². The van der Waals surface area contributed by atoms with Crippen molar-refractivity contribution in [1.82, 2.24) is 0 Å². The van der Waals surface area contributed by atoms with Gasteiger partial charge in [0, 0.05) is 0 Å². The molecule has 0 unspecified atom stereocenters. The van der Waals surface area contributed by atoms with Crippen molar-refractivity contribution >= 4 is 7.82 Å². The molecular weight excluding hydrogens is 170 g/mol. The topological polar surface area (TPSA) is 76.0 Å². The number of phosphoric ester groups is 1. The summed E-state index contributed by atoms with van der Waals surface area (Å²) < 4.78 is 18.8. The van der Waals surface area contributed by atoms with Gasteiger partial charge in [0.1, 0.15) is 6.10 Å². The Labute approximate surface area is 80.2 Å². The van der Waals surface area contributed by atoms with E-state index in [2.05, 4.69) is 9.05 Å². The van der Waals surface area contributed by atoms with Crippen LogP contribution in [0.15, 0.2) is 0 Å². The molecule has 1 fully saturated rings. The fraction of sp³-hybridized carbons (Fsp3) is 1.00. The number of phosphoric acid groups is 1. The van der Waals surface area contributed by atoms with E-state index < -0.39 is 13.9 Å². The minimum absolute atomic E-state index is 0. The largest absolute Gasteiger partial charge is 1.00 e. The van der Waals surface area contributed by atoms with Crippen molar-refractivity contribution in [3.63, 3.8) is 0 Å². The number of aliphatic hydroxyl groups is 1. The third kappa shape index (κ3) is 3.46. The second kappa shape index (κ2) is 4.18. The Bertz CT molecular complexity index is 138. The third-order valence-electron chi connectivity index (χ3n) is 0.860. The van der Waals surface area contributed by atoms with Gasteiger partial charge in [-0.3, -0.25) is 9.05 Å². The Balaban J connectivity index is 0.000000810. The molecular formula is C3H7NaO5P+. The molecule has 0 saturated carbocycles. The normalized spacial score (nSPS) is 40.4. The van der Waals surface area contributed by atoms with Crippen molar-refractivity contribution in [2.24, 2.45) is 0 Å². The van der Waals surface area contributed by atoms with Crippen LogP contribution < -0.4 is 29.6 Å². The van der Waals surface area contributed by atoms with Crippen LogP contribution in [-0.4, -0.2) is 29.3 Å². The monoisotopic (exact) mass is 177 g/mol. The Morgan fingerprint density at radius 2 is 1.80 bits per heavy atom. The van der Waals surface area contributed by atoms with Gasteiger partial charge in [-0.1, -0.05) is 0 Å². The van der Waals surface area contributed by atoms with Gasteiger partial charge >= 0.3 is 37.4 Å². The van der Waals surface area contributed by atoms with Crippen LogP contribution in [-0.2, 0) is 13.6 Å². The summed E-state index contributed by atoms with van der Waals surface area (Å²) in [6.45, 7) is -0.262. The first kappa shape index (κ1) is 11.1. The molecule has 0 spiro atoms. The van der Waals surface area contributed by atoms with Crippen LogP contribution in [0, 0.1) is 0 Å². The van der Waals surface area contributed by atoms with Crippen LogP contribution in [0.25, 0.3) is 0 Å². The van der Waals surface area contributed by atoms with E-state index in [0.717, 1.165) is 0 Å².